The van der Waals surface area contributed by atoms with Crippen LogP contribution in [0.4, 0.5) is 5.69 Å². The Morgan fingerprint density at radius 3 is 2.81 bits per heavy atom. The van der Waals surface area contributed by atoms with Crippen LogP contribution in [0.1, 0.15) is 34.5 Å². The second-order valence-corrected chi connectivity index (χ2v) is 9.09. The number of nitrogens with one attached hydrogen (secondary N) is 2. The highest BCUT2D eigenvalue weighted by atomic mass is 32.1. The highest BCUT2D eigenvalue weighted by Gasteiger charge is 2.39. The number of fused-ring (bicyclic) bond motifs is 2. The first-order valence-corrected chi connectivity index (χ1v) is 11.5. The summed E-state index contributed by atoms with van der Waals surface area (Å²) in [5.41, 5.74) is 0.964. The number of carbonyl (C=O) groups is 3. The molecule has 0 aliphatic carbocycles. The first-order chi connectivity index (χ1) is 15.4. The van der Waals surface area contributed by atoms with E-state index in [9.17, 15) is 14.4 Å². The molecule has 1 fully saturated rings. The second-order valence-electron chi connectivity index (χ2n) is 8.06. The molecule has 9 heteroatoms. The van der Waals surface area contributed by atoms with Crippen LogP contribution in [0.3, 0.4) is 0 Å². The maximum absolute atomic E-state index is 13.3. The molecule has 3 heterocycles. The Balaban J connectivity index is 1.48. The molecule has 1 aromatic heterocycles. The van der Waals surface area contributed by atoms with E-state index in [0.29, 0.717) is 29.8 Å². The summed E-state index contributed by atoms with van der Waals surface area (Å²) in [6.07, 6.45) is 1.50. The van der Waals surface area contributed by atoms with E-state index in [4.69, 9.17) is 9.47 Å². The summed E-state index contributed by atoms with van der Waals surface area (Å²) >= 11 is 1.53. The number of thiophene rings is 1. The molecule has 0 bridgehead atoms. The molecule has 1 aromatic carbocycles. The number of hydrogen-bond donors (Lipinski definition) is 2. The van der Waals surface area contributed by atoms with Crippen molar-refractivity contribution in [2.45, 2.75) is 43.9 Å². The molecule has 3 atom stereocenters. The summed E-state index contributed by atoms with van der Waals surface area (Å²) in [5.74, 6) is 0.0671. The van der Waals surface area contributed by atoms with Gasteiger partial charge in [0.1, 0.15) is 18.5 Å². The van der Waals surface area contributed by atoms with E-state index in [1.54, 1.807) is 37.2 Å². The lowest BCUT2D eigenvalue weighted by molar-refractivity contribution is -0.133. The summed E-state index contributed by atoms with van der Waals surface area (Å²) < 4.78 is 12.1. The molecule has 3 amide bonds. The minimum absolute atomic E-state index is 0.0661. The third kappa shape index (κ3) is 4.94. The molecular formula is C23H27N3O5S. The Morgan fingerprint density at radius 2 is 2.06 bits per heavy atom. The number of anilines is 1. The molecule has 2 aromatic rings. The number of benzene rings is 1. The predicted molar refractivity (Wildman–Crippen MR) is 121 cm³/mol. The molecule has 0 spiro atoms. The van der Waals surface area contributed by atoms with Gasteiger partial charge in [0.2, 0.25) is 11.8 Å². The Kier molecular flexibility index (Phi) is 6.76. The van der Waals surface area contributed by atoms with E-state index in [0.717, 1.165) is 11.3 Å². The van der Waals surface area contributed by atoms with Crippen molar-refractivity contribution in [2.24, 2.45) is 0 Å². The molecule has 0 saturated carbocycles. The van der Waals surface area contributed by atoms with Crippen molar-refractivity contribution in [3.63, 3.8) is 0 Å². The van der Waals surface area contributed by atoms with Gasteiger partial charge in [0.05, 0.1) is 30.6 Å². The Bertz CT molecular complexity index is 994. The average molecular weight is 458 g/mol. The summed E-state index contributed by atoms with van der Waals surface area (Å²) in [7, 11) is 3.37. The first kappa shape index (κ1) is 22.3. The number of amides is 3. The summed E-state index contributed by atoms with van der Waals surface area (Å²) in [6, 6.07) is 8.78. The molecule has 2 aliphatic heterocycles. The highest BCUT2D eigenvalue weighted by Crippen LogP contribution is 2.32. The molecule has 2 N–H and O–H groups in total. The topological polar surface area (TPSA) is 97.0 Å². The standard InChI is InChI=1S/C23H27N3O5S/c1-24-21(27)11-15-6-7-18-20(31-15)13-30-19-8-5-14(10-17(19)23(29)26(18)2)25-22(28)12-16-4-3-9-32-16/h3-5,8-10,15,18,20H,6-7,11-13H2,1-2H3,(H,24,27)(H,25,28)/t15-,18+,20-/m1/s1. The molecule has 170 valence electrons. The summed E-state index contributed by atoms with van der Waals surface area (Å²) in [4.78, 5) is 40.0. The molecular weight excluding hydrogens is 430 g/mol. The SMILES string of the molecule is CNC(=O)C[C@H]1CC[C@H]2[C@@H](COc3ccc(NC(=O)Cc4cccs4)cc3C(=O)N2C)O1. The normalized spacial score (nSPS) is 22.6. The van der Waals surface area contributed by atoms with Crippen molar-refractivity contribution in [1.82, 2.24) is 10.2 Å². The van der Waals surface area contributed by atoms with Crippen LogP contribution in [0.2, 0.25) is 0 Å². The zero-order chi connectivity index (χ0) is 22.7. The van der Waals surface area contributed by atoms with E-state index in [2.05, 4.69) is 10.6 Å². The fourth-order valence-corrected chi connectivity index (χ4v) is 4.89. The third-order valence-electron chi connectivity index (χ3n) is 5.90. The number of carbonyl (C=O) groups excluding carboxylic acids is 3. The summed E-state index contributed by atoms with van der Waals surface area (Å²) in [5, 5.41) is 7.42. The van der Waals surface area contributed by atoms with Crippen molar-refractivity contribution in [2.75, 3.05) is 26.0 Å². The van der Waals surface area contributed by atoms with Gasteiger partial charge in [0.15, 0.2) is 0 Å². The van der Waals surface area contributed by atoms with Crippen LogP contribution in [0.25, 0.3) is 0 Å². The van der Waals surface area contributed by atoms with Gasteiger partial charge in [0.25, 0.3) is 5.91 Å². The van der Waals surface area contributed by atoms with E-state index in [1.807, 2.05) is 17.5 Å². The third-order valence-corrected chi connectivity index (χ3v) is 6.78. The Labute approximate surface area is 190 Å². The maximum Gasteiger partial charge on any atom is 0.257 e. The Hall–Kier alpha value is -2.91. The molecule has 8 nitrogen and oxygen atoms in total. The zero-order valence-electron chi connectivity index (χ0n) is 18.1. The largest absolute Gasteiger partial charge is 0.490 e. The van der Waals surface area contributed by atoms with Gasteiger partial charge >= 0.3 is 0 Å². The van der Waals surface area contributed by atoms with Crippen molar-refractivity contribution < 1.29 is 23.9 Å². The van der Waals surface area contributed by atoms with Gasteiger partial charge in [-0.25, -0.2) is 0 Å². The monoisotopic (exact) mass is 457 g/mol. The molecule has 1 saturated heterocycles. The van der Waals surface area contributed by atoms with Gasteiger partial charge in [-0.15, -0.1) is 11.3 Å². The second kappa shape index (κ2) is 9.70. The van der Waals surface area contributed by atoms with Gasteiger partial charge in [0, 0.05) is 24.7 Å². The van der Waals surface area contributed by atoms with Crippen molar-refractivity contribution in [3.05, 3.63) is 46.2 Å². The lowest BCUT2D eigenvalue weighted by Gasteiger charge is -2.42. The number of rotatable bonds is 5. The maximum atomic E-state index is 13.3. The number of hydrogen-bond acceptors (Lipinski definition) is 6. The van der Waals surface area contributed by atoms with Gasteiger partial charge in [-0.05, 0) is 42.5 Å². The fraction of sp³-hybridized carbons (Fsp3) is 0.435. The van der Waals surface area contributed by atoms with Gasteiger partial charge in [-0.1, -0.05) is 6.07 Å². The van der Waals surface area contributed by atoms with E-state index in [1.165, 1.54) is 11.3 Å². The van der Waals surface area contributed by atoms with Crippen LogP contribution in [0.5, 0.6) is 5.75 Å². The van der Waals surface area contributed by atoms with Crippen molar-refractivity contribution >= 4 is 34.7 Å². The predicted octanol–water partition coefficient (Wildman–Crippen LogP) is 2.45. The van der Waals surface area contributed by atoms with Crippen LogP contribution in [0, 0.1) is 0 Å². The van der Waals surface area contributed by atoms with Crippen LogP contribution in [-0.2, 0) is 20.7 Å². The minimum Gasteiger partial charge on any atom is -0.490 e. The quantitative estimate of drug-likeness (QED) is 0.719. The minimum atomic E-state index is -0.314. The average Bonchev–Trinajstić information content (AvgIpc) is 3.29. The Morgan fingerprint density at radius 1 is 1.22 bits per heavy atom. The van der Waals surface area contributed by atoms with E-state index >= 15 is 0 Å². The lowest BCUT2D eigenvalue weighted by Crippen LogP contribution is -2.53. The van der Waals surface area contributed by atoms with E-state index < -0.39 is 0 Å². The van der Waals surface area contributed by atoms with Gasteiger partial charge < -0.3 is 25.0 Å². The number of likely N-dealkylation sites (N-methyl/N-ethyl adjacent to an activating group) is 1. The smallest absolute Gasteiger partial charge is 0.257 e. The molecule has 0 unspecified atom stereocenters. The van der Waals surface area contributed by atoms with Crippen LogP contribution < -0.4 is 15.4 Å². The van der Waals surface area contributed by atoms with E-state index in [-0.39, 0.29) is 49.0 Å². The number of nitrogens with zero attached hydrogens (tertiary/aromatic N) is 1. The van der Waals surface area contributed by atoms with Crippen LogP contribution >= 0.6 is 11.3 Å². The fourth-order valence-electron chi connectivity index (χ4n) is 4.19. The molecule has 4 rings (SSSR count). The molecule has 32 heavy (non-hydrogen) atoms. The lowest BCUT2D eigenvalue weighted by atomic mass is 9.94. The summed E-state index contributed by atoms with van der Waals surface area (Å²) in [6.45, 7) is 0.281. The molecule has 2 aliphatic rings. The zero-order valence-corrected chi connectivity index (χ0v) is 18.9. The van der Waals surface area contributed by atoms with Crippen molar-refractivity contribution in [1.29, 1.82) is 0 Å². The van der Waals surface area contributed by atoms with Gasteiger partial charge in [-0.2, -0.15) is 0 Å². The number of ether oxygens (including phenoxy) is 2. The van der Waals surface area contributed by atoms with Crippen molar-refractivity contribution in [3.8, 4) is 5.75 Å². The van der Waals surface area contributed by atoms with Crippen LogP contribution in [0.15, 0.2) is 35.7 Å². The van der Waals surface area contributed by atoms with Gasteiger partial charge in [-0.3, -0.25) is 14.4 Å². The van der Waals surface area contributed by atoms with Crippen LogP contribution in [-0.4, -0.2) is 61.6 Å². The molecule has 0 radical (unpaired) electrons. The first-order valence-electron chi connectivity index (χ1n) is 10.7. The highest BCUT2D eigenvalue weighted by molar-refractivity contribution is 7.10.